The van der Waals surface area contributed by atoms with Crippen molar-refractivity contribution in [3.05, 3.63) is 0 Å². The minimum atomic E-state index is -0.867. The number of carbonyl (C=O) groups is 2. The first kappa shape index (κ1) is 15.1. The summed E-state index contributed by atoms with van der Waals surface area (Å²) >= 11 is 0. The van der Waals surface area contributed by atoms with Crippen LogP contribution in [0.25, 0.3) is 0 Å². The quantitative estimate of drug-likeness (QED) is 0.703. The molecule has 0 saturated heterocycles. The Morgan fingerprint density at radius 3 is 2.05 bits per heavy atom. The smallest absolute Gasteiger partial charge is 0.320 e. The van der Waals surface area contributed by atoms with Crippen molar-refractivity contribution in [2.24, 2.45) is 0 Å². The molecule has 2 aliphatic carbocycles. The molecule has 20 heavy (non-hydrogen) atoms. The average molecular weight is 284 g/mol. The van der Waals surface area contributed by atoms with Crippen molar-refractivity contribution in [1.82, 2.24) is 9.80 Å². The summed E-state index contributed by atoms with van der Waals surface area (Å²) in [6, 6.07) is 0.464. The maximum Gasteiger partial charge on any atom is 0.320 e. The van der Waals surface area contributed by atoms with E-state index in [-0.39, 0.29) is 31.1 Å². The molecule has 0 aliphatic heterocycles. The van der Waals surface area contributed by atoms with E-state index in [0.717, 1.165) is 32.1 Å². The van der Waals surface area contributed by atoms with E-state index in [1.54, 1.807) is 4.90 Å². The van der Waals surface area contributed by atoms with Crippen molar-refractivity contribution in [1.29, 1.82) is 0 Å². The highest BCUT2D eigenvalue weighted by atomic mass is 16.4. The highest BCUT2D eigenvalue weighted by Gasteiger charge is 2.38. The molecule has 6 heteroatoms. The molecule has 2 fully saturated rings. The van der Waals surface area contributed by atoms with Crippen molar-refractivity contribution in [3.63, 3.8) is 0 Å². The summed E-state index contributed by atoms with van der Waals surface area (Å²) in [5, 5.41) is 17.8. The van der Waals surface area contributed by atoms with Gasteiger partial charge in [-0.05, 0) is 38.5 Å². The van der Waals surface area contributed by atoms with E-state index >= 15 is 0 Å². The second-order valence-electron chi connectivity index (χ2n) is 5.71. The van der Waals surface area contributed by atoms with Gasteiger partial charge in [0.2, 0.25) is 0 Å². The Balaban J connectivity index is 1.96. The third-order valence-electron chi connectivity index (χ3n) is 4.12. The number of aliphatic hydroxyl groups is 1. The van der Waals surface area contributed by atoms with Gasteiger partial charge < -0.3 is 20.0 Å². The van der Waals surface area contributed by atoms with Gasteiger partial charge in [-0.25, -0.2) is 4.79 Å². The molecule has 6 nitrogen and oxygen atoms in total. The number of aliphatic hydroxyl groups excluding tert-OH is 1. The largest absolute Gasteiger partial charge is 0.481 e. The third-order valence-corrected chi connectivity index (χ3v) is 4.12. The Kier molecular flexibility index (Phi) is 5.23. The molecule has 0 bridgehead atoms. The van der Waals surface area contributed by atoms with Crippen molar-refractivity contribution < 1.29 is 19.8 Å². The van der Waals surface area contributed by atoms with E-state index in [1.807, 2.05) is 4.90 Å². The first-order valence-electron chi connectivity index (χ1n) is 7.53. The summed E-state index contributed by atoms with van der Waals surface area (Å²) in [6.45, 7) is 0.937. The van der Waals surface area contributed by atoms with E-state index in [4.69, 9.17) is 10.2 Å². The number of carboxylic acid groups (broad SMARTS) is 1. The number of rotatable bonds is 8. The van der Waals surface area contributed by atoms with Gasteiger partial charge in [0.25, 0.3) is 0 Å². The fourth-order valence-electron chi connectivity index (χ4n) is 2.58. The zero-order chi connectivity index (χ0) is 14.5. The van der Waals surface area contributed by atoms with Crippen LogP contribution in [0.3, 0.4) is 0 Å². The highest BCUT2D eigenvalue weighted by Crippen LogP contribution is 2.31. The maximum atomic E-state index is 12.7. The highest BCUT2D eigenvalue weighted by molar-refractivity contribution is 5.76. The molecule has 0 atom stereocenters. The van der Waals surface area contributed by atoms with E-state index in [9.17, 15) is 9.59 Å². The van der Waals surface area contributed by atoms with Crippen LogP contribution in [0, 0.1) is 0 Å². The van der Waals surface area contributed by atoms with Crippen LogP contribution in [0.1, 0.15) is 44.9 Å². The van der Waals surface area contributed by atoms with E-state index in [1.165, 1.54) is 0 Å². The number of hydrogen-bond acceptors (Lipinski definition) is 3. The third kappa shape index (κ3) is 3.85. The fourth-order valence-corrected chi connectivity index (χ4v) is 2.58. The van der Waals surface area contributed by atoms with Crippen LogP contribution in [0.4, 0.5) is 4.79 Å². The number of carboxylic acids is 1. The number of nitrogens with zero attached hydrogens (tertiary/aromatic N) is 2. The van der Waals surface area contributed by atoms with Gasteiger partial charge in [-0.3, -0.25) is 4.79 Å². The summed E-state index contributed by atoms with van der Waals surface area (Å²) in [4.78, 5) is 27.0. The molecule has 2 saturated carbocycles. The number of aliphatic carboxylic acids is 1. The Morgan fingerprint density at radius 1 is 1.00 bits per heavy atom. The summed E-state index contributed by atoms with van der Waals surface area (Å²) in [7, 11) is 0. The number of carbonyl (C=O) groups excluding carboxylic acids is 1. The van der Waals surface area contributed by atoms with Crippen LogP contribution in [0.2, 0.25) is 0 Å². The molecule has 2 rings (SSSR count). The van der Waals surface area contributed by atoms with Gasteiger partial charge in [-0.2, -0.15) is 0 Å². The Bertz CT molecular complexity index is 353. The first-order valence-corrected chi connectivity index (χ1v) is 7.53. The van der Waals surface area contributed by atoms with Crippen molar-refractivity contribution in [3.8, 4) is 0 Å². The molecule has 0 aromatic heterocycles. The maximum absolute atomic E-state index is 12.7. The lowest BCUT2D eigenvalue weighted by Gasteiger charge is -2.40. The normalized spacial score (nSPS) is 18.4. The van der Waals surface area contributed by atoms with Gasteiger partial charge in [0.15, 0.2) is 0 Å². The molecule has 2 N–H and O–H groups in total. The standard InChI is InChI=1S/C14H24N2O4/c17-10-2-8-15(11-3-1-4-11)14(20)16(12-5-6-12)9-7-13(18)19/h11-12,17H,1-10H2,(H,18,19). The molecular weight excluding hydrogens is 260 g/mol. The number of amides is 2. The van der Waals surface area contributed by atoms with E-state index < -0.39 is 5.97 Å². The lowest BCUT2D eigenvalue weighted by atomic mass is 9.91. The second-order valence-corrected chi connectivity index (χ2v) is 5.71. The van der Waals surface area contributed by atoms with Gasteiger partial charge in [0.1, 0.15) is 0 Å². The zero-order valence-electron chi connectivity index (χ0n) is 11.8. The van der Waals surface area contributed by atoms with Gasteiger partial charge in [0, 0.05) is 31.8 Å². The summed E-state index contributed by atoms with van der Waals surface area (Å²) in [5.74, 6) is -0.867. The fraction of sp³-hybridized carbons (Fsp3) is 0.857. The van der Waals surface area contributed by atoms with Crippen LogP contribution < -0.4 is 0 Å². The van der Waals surface area contributed by atoms with Crippen LogP contribution in [-0.4, -0.2) is 63.8 Å². The Labute approximate surface area is 119 Å². The van der Waals surface area contributed by atoms with Crippen LogP contribution in [-0.2, 0) is 4.79 Å². The molecule has 114 valence electrons. The lowest BCUT2D eigenvalue weighted by Crippen LogP contribution is -2.52. The van der Waals surface area contributed by atoms with Crippen molar-refractivity contribution >= 4 is 12.0 Å². The Morgan fingerprint density at radius 2 is 1.60 bits per heavy atom. The van der Waals surface area contributed by atoms with E-state index in [2.05, 4.69) is 0 Å². The summed E-state index contributed by atoms with van der Waals surface area (Å²) in [6.07, 6.45) is 5.73. The van der Waals surface area contributed by atoms with Crippen LogP contribution in [0.5, 0.6) is 0 Å². The van der Waals surface area contributed by atoms with Crippen LogP contribution in [0.15, 0.2) is 0 Å². The number of hydrogen-bond donors (Lipinski definition) is 2. The van der Waals surface area contributed by atoms with Crippen molar-refractivity contribution in [2.45, 2.75) is 57.0 Å². The van der Waals surface area contributed by atoms with Gasteiger partial charge >= 0.3 is 12.0 Å². The predicted octanol–water partition coefficient (Wildman–Crippen LogP) is 1.28. The molecule has 0 spiro atoms. The predicted molar refractivity (Wildman–Crippen MR) is 73.4 cm³/mol. The molecule has 0 unspecified atom stereocenters. The molecule has 0 radical (unpaired) electrons. The first-order chi connectivity index (χ1) is 9.63. The minimum Gasteiger partial charge on any atom is -0.481 e. The van der Waals surface area contributed by atoms with Crippen molar-refractivity contribution in [2.75, 3.05) is 19.7 Å². The average Bonchev–Trinajstić information content (AvgIpc) is 3.16. The van der Waals surface area contributed by atoms with Gasteiger partial charge in [-0.1, -0.05) is 0 Å². The minimum absolute atomic E-state index is 0.000741. The monoisotopic (exact) mass is 284 g/mol. The molecule has 2 amide bonds. The summed E-state index contributed by atoms with van der Waals surface area (Å²) < 4.78 is 0. The molecule has 0 aromatic carbocycles. The zero-order valence-corrected chi connectivity index (χ0v) is 11.8. The lowest BCUT2D eigenvalue weighted by molar-refractivity contribution is -0.137. The van der Waals surface area contributed by atoms with E-state index in [0.29, 0.717) is 19.5 Å². The topological polar surface area (TPSA) is 81.1 Å². The Hall–Kier alpha value is -1.30. The molecule has 2 aliphatic rings. The van der Waals surface area contributed by atoms with Crippen LogP contribution >= 0.6 is 0 Å². The SMILES string of the molecule is O=C(O)CCN(C(=O)N(CCCO)C1CCC1)C1CC1. The van der Waals surface area contributed by atoms with Gasteiger partial charge in [0.05, 0.1) is 6.42 Å². The summed E-state index contributed by atoms with van der Waals surface area (Å²) in [5.41, 5.74) is 0. The molecular formula is C14H24N2O4. The number of urea groups is 1. The molecule has 0 aromatic rings. The second kappa shape index (κ2) is 6.92. The van der Waals surface area contributed by atoms with Gasteiger partial charge in [-0.15, -0.1) is 0 Å². The molecule has 0 heterocycles.